The maximum Gasteiger partial charge on any atom is 0.155 e. The Morgan fingerprint density at radius 1 is 1.30 bits per heavy atom. The average Bonchev–Trinajstić information content (AvgIpc) is 3.35. The second-order valence-corrected chi connectivity index (χ2v) is 10.4. The van der Waals surface area contributed by atoms with E-state index in [1.165, 1.54) is 31.3 Å². The molecule has 5 aliphatic rings. The summed E-state index contributed by atoms with van der Waals surface area (Å²) in [4.78, 5) is 15.0. The van der Waals surface area contributed by atoms with Gasteiger partial charge in [0.25, 0.3) is 0 Å². The molecule has 1 unspecified atom stereocenters. The SMILES string of the molecule is CC(CN=[N+]=[N-])[C@H]1CC[C@H]2[C@@H]3[C@@H]4O[C@@H]4C4=CC(=O)CC[C@]4(C)[C@H]3CC[C@]12C. The molecule has 3 saturated carbocycles. The van der Waals surface area contributed by atoms with Gasteiger partial charge in [-0.05, 0) is 89.7 Å². The highest BCUT2D eigenvalue weighted by Gasteiger charge is 2.69. The quantitative estimate of drug-likeness (QED) is 0.301. The summed E-state index contributed by atoms with van der Waals surface area (Å²) in [7, 11) is 0. The summed E-state index contributed by atoms with van der Waals surface area (Å²) in [6.07, 6.45) is 9.25. The molecule has 0 aromatic heterocycles. The molecule has 0 N–H and O–H groups in total. The minimum Gasteiger partial charge on any atom is -0.365 e. The average molecular weight is 370 g/mol. The first-order valence-corrected chi connectivity index (χ1v) is 10.8. The third-order valence-corrected chi connectivity index (χ3v) is 9.42. The van der Waals surface area contributed by atoms with Gasteiger partial charge in [0.05, 0.1) is 6.10 Å². The molecule has 0 bridgehead atoms. The van der Waals surface area contributed by atoms with E-state index in [9.17, 15) is 4.79 Å². The molecular formula is C22H31N3O2. The van der Waals surface area contributed by atoms with Crippen molar-refractivity contribution in [3.05, 3.63) is 22.1 Å². The summed E-state index contributed by atoms with van der Waals surface area (Å²) in [5.41, 5.74) is 10.5. The third-order valence-electron chi connectivity index (χ3n) is 9.42. The van der Waals surface area contributed by atoms with Crippen LogP contribution in [0.1, 0.15) is 59.3 Å². The number of rotatable bonds is 3. The van der Waals surface area contributed by atoms with Gasteiger partial charge in [-0.25, -0.2) is 0 Å². The number of ether oxygens (including phenoxy) is 1. The van der Waals surface area contributed by atoms with Crippen LogP contribution in [0, 0.1) is 40.4 Å². The minimum atomic E-state index is 0.159. The predicted molar refractivity (Wildman–Crippen MR) is 103 cm³/mol. The van der Waals surface area contributed by atoms with Gasteiger partial charge in [0.1, 0.15) is 6.10 Å². The maximum absolute atomic E-state index is 12.1. The number of carbonyl (C=O) groups is 1. The van der Waals surface area contributed by atoms with Crippen molar-refractivity contribution in [2.75, 3.05) is 6.54 Å². The zero-order valence-electron chi connectivity index (χ0n) is 16.7. The predicted octanol–water partition coefficient (Wildman–Crippen LogP) is 5.07. The molecule has 146 valence electrons. The Bertz CT molecular complexity index is 757. The van der Waals surface area contributed by atoms with E-state index < -0.39 is 0 Å². The van der Waals surface area contributed by atoms with Crippen molar-refractivity contribution >= 4 is 5.78 Å². The van der Waals surface area contributed by atoms with Gasteiger partial charge in [0.2, 0.25) is 0 Å². The van der Waals surface area contributed by atoms with Crippen LogP contribution in [0.3, 0.4) is 0 Å². The maximum atomic E-state index is 12.1. The summed E-state index contributed by atoms with van der Waals surface area (Å²) in [6, 6.07) is 0. The Balaban J connectivity index is 1.46. The number of epoxide rings is 1. The number of hydrogen-bond donors (Lipinski definition) is 0. The molecule has 4 aliphatic carbocycles. The van der Waals surface area contributed by atoms with Crippen LogP contribution in [0.2, 0.25) is 0 Å². The number of fused-ring (bicyclic) bond motifs is 8. The zero-order valence-corrected chi connectivity index (χ0v) is 16.7. The van der Waals surface area contributed by atoms with Crippen LogP contribution < -0.4 is 0 Å². The highest BCUT2D eigenvalue weighted by molar-refractivity contribution is 5.92. The third kappa shape index (κ3) is 2.34. The molecule has 9 atom stereocenters. The van der Waals surface area contributed by atoms with E-state index in [2.05, 4.69) is 30.8 Å². The molecule has 0 amide bonds. The Morgan fingerprint density at radius 2 is 2.11 bits per heavy atom. The second kappa shape index (κ2) is 5.84. The van der Waals surface area contributed by atoms with Crippen LogP contribution in [0.5, 0.6) is 0 Å². The lowest BCUT2D eigenvalue weighted by Crippen LogP contribution is -2.53. The van der Waals surface area contributed by atoms with Gasteiger partial charge in [-0.3, -0.25) is 4.79 Å². The highest BCUT2D eigenvalue weighted by atomic mass is 16.6. The summed E-state index contributed by atoms with van der Waals surface area (Å²) in [5.74, 6) is 3.39. The van der Waals surface area contributed by atoms with Crippen molar-refractivity contribution < 1.29 is 9.53 Å². The summed E-state index contributed by atoms with van der Waals surface area (Å²) in [6.45, 7) is 7.81. The number of hydrogen-bond acceptors (Lipinski definition) is 3. The topological polar surface area (TPSA) is 78.4 Å². The van der Waals surface area contributed by atoms with Crippen LogP contribution >= 0.6 is 0 Å². The minimum absolute atomic E-state index is 0.159. The fourth-order valence-electron chi connectivity index (χ4n) is 8.08. The standard InChI is InChI=1S/C22H31N3O2/c1-12(11-24-25-23)14-4-5-15-18-16(7-9-21(14,15)2)22(3)8-6-13(26)10-17(22)19-20(18)27-19/h10,12,14-16,18-20H,4-9,11H2,1-3H3/t12?,14-,15+,16+,18+,19-,20+,21-,22-/m1/s1. The van der Waals surface area contributed by atoms with Gasteiger partial charge in [-0.2, -0.15) is 0 Å². The molecule has 0 radical (unpaired) electrons. The van der Waals surface area contributed by atoms with E-state index in [1.807, 2.05) is 6.08 Å². The van der Waals surface area contributed by atoms with Gasteiger partial charge in [-0.15, -0.1) is 0 Å². The first-order valence-electron chi connectivity index (χ1n) is 10.8. The van der Waals surface area contributed by atoms with E-state index in [1.54, 1.807) is 0 Å². The lowest BCUT2D eigenvalue weighted by atomic mass is 9.46. The molecule has 1 saturated heterocycles. The van der Waals surface area contributed by atoms with E-state index >= 15 is 0 Å². The second-order valence-electron chi connectivity index (χ2n) is 10.4. The van der Waals surface area contributed by atoms with Gasteiger partial charge >= 0.3 is 0 Å². The molecule has 5 rings (SSSR count). The number of carbonyl (C=O) groups excluding carboxylic acids is 1. The van der Waals surface area contributed by atoms with Crippen molar-refractivity contribution in [2.45, 2.75) is 71.5 Å². The zero-order chi connectivity index (χ0) is 19.0. The van der Waals surface area contributed by atoms with Crippen LogP contribution in [0.25, 0.3) is 10.4 Å². The van der Waals surface area contributed by atoms with E-state index in [0.717, 1.165) is 6.42 Å². The van der Waals surface area contributed by atoms with Crippen molar-refractivity contribution in [2.24, 2.45) is 45.5 Å². The van der Waals surface area contributed by atoms with Crippen molar-refractivity contribution in [3.8, 4) is 0 Å². The van der Waals surface area contributed by atoms with Gasteiger partial charge in [-0.1, -0.05) is 25.9 Å². The molecule has 0 aromatic rings. The molecule has 1 heterocycles. The summed E-state index contributed by atoms with van der Waals surface area (Å²) < 4.78 is 6.26. The van der Waals surface area contributed by atoms with Gasteiger partial charge in [0.15, 0.2) is 5.78 Å². The van der Waals surface area contributed by atoms with Crippen molar-refractivity contribution in [3.63, 3.8) is 0 Å². The van der Waals surface area contributed by atoms with Gasteiger partial charge in [0, 0.05) is 17.9 Å². The Labute approximate surface area is 161 Å². The molecule has 4 fully saturated rings. The van der Waals surface area contributed by atoms with E-state index in [4.69, 9.17) is 10.3 Å². The fraction of sp³-hybridized carbons (Fsp3) is 0.864. The molecule has 1 aliphatic heterocycles. The first-order chi connectivity index (χ1) is 12.9. The smallest absolute Gasteiger partial charge is 0.155 e. The number of nitrogens with zero attached hydrogens (tertiary/aromatic N) is 3. The normalized spacial score (nSPS) is 51.1. The van der Waals surface area contributed by atoms with E-state index in [-0.39, 0.29) is 11.5 Å². The molecular weight excluding hydrogens is 338 g/mol. The van der Waals surface area contributed by atoms with Crippen molar-refractivity contribution in [1.29, 1.82) is 0 Å². The number of ketones is 1. The van der Waals surface area contributed by atoms with Crippen LogP contribution in [-0.2, 0) is 9.53 Å². The van der Waals surface area contributed by atoms with Crippen molar-refractivity contribution in [1.82, 2.24) is 0 Å². The molecule has 0 spiro atoms. The van der Waals surface area contributed by atoms with Gasteiger partial charge < -0.3 is 4.74 Å². The highest BCUT2D eigenvalue weighted by Crippen LogP contribution is 2.70. The van der Waals surface area contributed by atoms with E-state index in [0.29, 0.717) is 59.9 Å². The monoisotopic (exact) mass is 369 g/mol. The lowest BCUT2D eigenvalue weighted by molar-refractivity contribution is -0.117. The molecule has 27 heavy (non-hydrogen) atoms. The Morgan fingerprint density at radius 3 is 2.89 bits per heavy atom. The fourth-order valence-corrected chi connectivity index (χ4v) is 8.08. The Kier molecular flexibility index (Phi) is 3.84. The van der Waals surface area contributed by atoms with Crippen LogP contribution in [-0.4, -0.2) is 24.5 Å². The molecule has 5 heteroatoms. The summed E-state index contributed by atoms with van der Waals surface area (Å²) >= 11 is 0. The lowest BCUT2D eigenvalue weighted by Gasteiger charge is -2.57. The molecule has 0 aromatic carbocycles. The first kappa shape index (κ1) is 17.8. The molecule has 5 nitrogen and oxygen atoms in total. The Hall–Kier alpha value is -1.32. The summed E-state index contributed by atoms with van der Waals surface area (Å²) in [5, 5.41) is 3.88. The van der Waals surface area contributed by atoms with Crippen LogP contribution in [0.15, 0.2) is 16.8 Å². The number of azide groups is 1. The largest absolute Gasteiger partial charge is 0.365 e. The van der Waals surface area contributed by atoms with Crippen LogP contribution in [0.4, 0.5) is 0 Å².